The molecule has 3 aromatic rings. The number of anilines is 1. The van der Waals surface area contributed by atoms with Gasteiger partial charge < -0.3 is 10.4 Å². The van der Waals surface area contributed by atoms with Crippen LogP contribution in [0.1, 0.15) is 9.67 Å². The van der Waals surface area contributed by atoms with Gasteiger partial charge in [0.25, 0.3) is 5.91 Å². The van der Waals surface area contributed by atoms with E-state index < -0.39 is 5.91 Å². The molecule has 1 heterocycles. The fourth-order valence-corrected chi connectivity index (χ4v) is 4.23. The van der Waals surface area contributed by atoms with Crippen molar-refractivity contribution in [1.29, 1.82) is 0 Å². The summed E-state index contributed by atoms with van der Waals surface area (Å²) in [5.41, 5.74) is 0.431. The average Bonchev–Trinajstić information content (AvgIpc) is 2.90. The number of thiophene rings is 1. The van der Waals surface area contributed by atoms with Crippen molar-refractivity contribution in [3.63, 3.8) is 0 Å². The van der Waals surface area contributed by atoms with E-state index in [1.165, 1.54) is 23.5 Å². The van der Waals surface area contributed by atoms with Gasteiger partial charge in [-0.25, -0.2) is 0 Å². The molecular formula is C16H9Cl3N2O2S2. The number of hydrogen-bond donors (Lipinski definition) is 3. The maximum Gasteiger partial charge on any atom is 0.269 e. The molecule has 3 N–H and O–H groups in total. The molecule has 0 aliphatic carbocycles. The summed E-state index contributed by atoms with van der Waals surface area (Å²) in [6, 6.07) is 10.3. The minimum Gasteiger partial charge on any atom is -0.505 e. The van der Waals surface area contributed by atoms with Crippen LogP contribution in [-0.2, 0) is 0 Å². The van der Waals surface area contributed by atoms with E-state index in [-0.39, 0.29) is 20.9 Å². The number of thiocarbonyl (C=S) groups is 1. The zero-order valence-corrected chi connectivity index (χ0v) is 16.2. The molecule has 9 heteroatoms. The quantitative estimate of drug-likeness (QED) is 0.360. The Kier molecular flexibility index (Phi) is 5.36. The van der Waals surface area contributed by atoms with Crippen LogP contribution in [0.3, 0.4) is 0 Å². The fraction of sp³-hybridized carbons (Fsp3) is 0. The van der Waals surface area contributed by atoms with Gasteiger partial charge in [-0.2, -0.15) is 0 Å². The number of rotatable bonds is 2. The van der Waals surface area contributed by atoms with Gasteiger partial charge in [0.05, 0.1) is 15.1 Å². The Labute approximate surface area is 167 Å². The minimum absolute atomic E-state index is 0.0522. The van der Waals surface area contributed by atoms with Crippen LogP contribution in [-0.4, -0.2) is 16.1 Å². The topological polar surface area (TPSA) is 61.4 Å². The number of amides is 1. The van der Waals surface area contributed by atoms with Crippen LogP contribution in [0.5, 0.6) is 5.75 Å². The summed E-state index contributed by atoms with van der Waals surface area (Å²) in [4.78, 5) is 12.8. The highest BCUT2D eigenvalue weighted by atomic mass is 35.5. The van der Waals surface area contributed by atoms with Gasteiger partial charge >= 0.3 is 0 Å². The van der Waals surface area contributed by atoms with Crippen LogP contribution in [0.2, 0.25) is 15.1 Å². The smallest absolute Gasteiger partial charge is 0.269 e. The first-order valence-electron chi connectivity index (χ1n) is 6.84. The number of benzene rings is 2. The van der Waals surface area contributed by atoms with E-state index in [0.717, 1.165) is 10.1 Å². The third kappa shape index (κ3) is 3.83. The molecule has 0 radical (unpaired) electrons. The summed E-state index contributed by atoms with van der Waals surface area (Å²) in [5, 5.41) is 16.3. The van der Waals surface area contributed by atoms with Crippen LogP contribution < -0.4 is 10.6 Å². The highest BCUT2D eigenvalue weighted by Gasteiger charge is 2.18. The molecular weight excluding hydrogens is 423 g/mol. The second-order valence-electron chi connectivity index (χ2n) is 4.94. The predicted octanol–water partition coefficient (Wildman–Crippen LogP) is 5.69. The Morgan fingerprint density at radius 3 is 2.40 bits per heavy atom. The van der Waals surface area contributed by atoms with Gasteiger partial charge in [0.2, 0.25) is 0 Å². The molecule has 0 bridgehead atoms. The van der Waals surface area contributed by atoms with Crippen LogP contribution in [0.4, 0.5) is 5.69 Å². The first-order valence-corrected chi connectivity index (χ1v) is 9.20. The Balaban J connectivity index is 1.76. The summed E-state index contributed by atoms with van der Waals surface area (Å²) >= 11 is 24.4. The Bertz CT molecular complexity index is 981. The molecule has 0 atom stereocenters. The largest absolute Gasteiger partial charge is 0.505 e. The molecule has 0 saturated heterocycles. The number of halogens is 3. The lowest BCUT2D eigenvalue weighted by Crippen LogP contribution is -2.33. The van der Waals surface area contributed by atoms with E-state index in [9.17, 15) is 9.90 Å². The molecule has 0 aliphatic heterocycles. The molecule has 0 spiro atoms. The molecule has 1 amide bonds. The average molecular weight is 432 g/mol. The van der Waals surface area contributed by atoms with Gasteiger partial charge in [-0.1, -0.05) is 53.0 Å². The molecule has 2 aromatic carbocycles. The molecule has 25 heavy (non-hydrogen) atoms. The maximum atomic E-state index is 12.4. The van der Waals surface area contributed by atoms with E-state index in [2.05, 4.69) is 10.6 Å². The van der Waals surface area contributed by atoms with Gasteiger partial charge in [-0.15, -0.1) is 11.3 Å². The van der Waals surface area contributed by atoms with Gasteiger partial charge in [-0.3, -0.25) is 10.1 Å². The number of carbonyl (C=O) groups excluding carboxylic acids is 1. The predicted molar refractivity (Wildman–Crippen MR) is 109 cm³/mol. The third-order valence-corrected chi connectivity index (χ3v) is 5.70. The summed E-state index contributed by atoms with van der Waals surface area (Å²) in [5.74, 6) is -0.638. The first kappa shape index (κ1) is 18.2. The normalized spacial score (nSPS) is 10.7. The van der Waals surface area contributed by atoms with Crippen molar-refractivity contribution in [2.45, 2.75) is 0 Å². The molecule has 0 fully saturated rings. The van der Waals surface area contributed by atoms with Crippen molar-refractivity contribution in [1.82, 2.24) is 5.32 Å². The lowest BCUT2D eigenvalue weighted by molar-refractivity contribution is 0.0982. The van der Waals surface area contributed by atoms with Gasteiger partial charge in [-0.05, 0) is 30.4 Å². The maximum absolute atomic E-state index is 12.4. The number of fused-ring (bicyclic) bond motifs is 1. The zero-order valence-electron chi connectivity index (χ0n) is 12.3. The van der Waals surface area contributed by atoms with Gasteiger partial charge in [0.1, 0.15) is 4.88 Å². The molecule has 0 saturated carbocycles. The summed E-state index contributed by atoms with van der Waals surface area (Å²) < 4.78 is 0.911. The number of phenols is 1. The Morgan fingerprint density at radius 2 is 1.76 bits per heavy atom. The highest BCUT2D eigenvalue weighted by molar-refractivity contribution is 7.80. The standard InChI is InChI=1S/C16H9Cl3N2O2S2/c17-9-5-7(6-10(18)13(9)22)20-16(24)21-15(23)14-12(19)8-3-1-2-4-11(8)25-14/h1-6,22H,(H2,20,21,23,24). The summed E-state index contributed by atoms with van der Waals surface area (Å²) in [7, 11) is 0. The van der Waals surface area contributed by atoms with Crippen molar-refractivity contribution in [2.24, 2.45) is 0 Å². The van der Waals surface area contributed by atoms with Crippen molar-refractivity contribution in [3.8, 4) is 5.75 Å². The van der Waals surface area contributed by atoms with Crippen molar-refractivity contribution < 1.29 is 9.90 Å². The van der Waals surface area contributed by atoms with E-state index in [1.807, 2.05) is 24.3 Å². The molecule has 4 nitrogen and oxygen atoms in total. The molecule has 1 aromatic heterocycles. The minimum atomic E-state index is -0.417. The van der Waals surface area contributed by atoms with Crippen LogP contribution in [0.15, 0.2) is 36.4 Å². The van der Waals surface area contributed by atoms with E-state index in [1.54, 1.807) is 0 Å². The number of hydrogen-bond acceptors (Lipinski definition) is 4. The van der Waals surface area contributed by atoms with Crippen LogP contribution in [0, 0.1) is 0 Å². The number of aromatic hydroxyl groups is 1. The van der Waals surface area contributed by atoms with E-state index in [4.69, 9.17) is 47.0 Å². The summed E-state index contributed by atoms with van der Waals surface area (Å²) in [6.07, 6.45) is 0. The number of carbonyl (C=O) groups is 1. The lowest BCUT2D eigenvalue weighted by Gasteiger charge is -2.10. The molecule has 0 aliphatic rings. The lowest BCUT2D eigenvalue weighted by atomic mass is 10.2. The Hall–Kier alpha value is -1.57. The molecule has 0 unspecified atom stereocenters. The second-order valence-corrected chi connectivity index (χ2v) is 7.59. The van der Waals surface area contributed by atoms with Crippen molar-refractivity contribution >= 4 is 85.2 Å². The number of phenolic OH excluding ortho intramolecular Hbond substituents is 1. The number of nitrogens with one attached hydrogen (secondary N) is 2. The zero-order chi connectivity index (χ0) is 18.1. The monoisotopic (exact) mass is 430 g/mol. The molecule has 128 valence electrons. The fourth-order valence-electron chi connectivity index (χ4n) is 2.12. The van der Waals surface area contributed by atoms with Gasteiger partial charge in [0.15, 0.2) is 10.9 Å². The van der Waals surface area contributed by atoms with Crippen molar-refractivity contribution in [2.75, 3.05) is 5.32 Å². The van der Waals surface area contributed by atoms with Crippen LogP contribution in [0.25, 0.3) is 10.1 Å². The molecule has 3 rings (SSSR count). The highest BCUT2D eigenvalue weighted by Crippen LogP contribution is 2.36. The Morgan fingerprint density at radius 1 is 1.12 bits per heavy atom. The van der Waals surface area contributed by atoms with Crippen LogP contribution >= 0.6 is 58.4 Å². The second kappa shape index (κ2) is 7.35. The van der Waals surface area contributed by atoms with E-state index in [0.29, 0.717) is 15.6 Å². The third-order valence-electron chi connectivity index (χ3n) is 3.24. The van der Waals surface area contributed by atoms with Crippen molar-refractivity contribution in [3.05, 3.63) is 56.3 Å². The SMILES string of the molecule is O=C(NC(=S)Nc1cc(Cl)c(O)c(Cl)c1)c1sc2ccccc2c1Cl. The van der Waals surface area contributed by atoms with Gasteiger partial charge in [0, 0.05) is 15.8 Å². The first-order chi connectivity index (χ1) is 11.9. The van der Waals surface area contributed by atoms with E-state index >= 15 is 0 Å². The summed E-state index contributed by atoms with van der Waals surface area (Å²) in [6.45, 7) is 0.